The molecule has 12 atom stereocenters. The van der Waals surface area contributed by atoms with Gasteiger partial charge in [0, 0.05) is 32.6 Å². The van der Waals surface area contributed by atoms with Crippen molar-refractivity contribution in [2.24, 2.45) is 23.7 Å². The van der Waals surface area contributed by atoms with Gasteiger partial charge in [-0.05, 0) is 128 Å². The number of hydrogen-bond acceptors (Lipinski definition) is 16. The fourth-order valence-electron chi connectivity index (χ4n) is 11.4. The van der Waals surface area contributed by atoms with Crippen LogP contribution in [-0.4, -0.2) is 185 Å². The number of benzene rings is 2. The predicted octanol–water partition coefficient (Wildman–Crippen LogP) is 3.47. The van der Waals surface area contributed by atoms with Gasteiger partial charge in [0.2, 0.25) is 47.3 Å². The molecule has 0 aromatic heterocycles. The fourth-order valence-corrected chi connectivity index (χ4v) is 11.4. The van der Waals surface area contributed by atoms with Crippen LogP contribution in [0.5, 0.6) is 0 Å². The molecule has 534 valence electrons. The smallest absolute Gasteiger partial charge is 0.407 e. The number of nitrogens with one attached hydrogen (secondary N) is 10. The summed E-state index contributed by atoms with van der Waals surface area (Å²) in [5.74, 6) is -8.52. The number of carbonyl (C=O) groups excluding carboxylic acids is 11. The van der Waals surface area contributed by atoms with Crippen molar-refractivity contribution < 1.29 is 76.8 Å². The first-order chi connectivity index (χ1) is 45.1. The maximum absolute atomic E-state index is 15.1. The van der Waals surface area contributed by atoms with E-state index in [2.05, 4.69) is 53.2 Å². The highest BCUT2D eigenvalue weighted by Crippen LogP contribution is 2.27. The van der Waals surface area contributed by atoms with Crippen LogP contribution in [0, 0.1) is 23.7 Å². The van der Waals surface area contributed by atoms with E-state index in [-0.39, 0.29) is 96.0 Å². The van der Waals surface area contributed by atoms with Gasteiger partial charge in [0.15, 0.2) is 6.10 Å². The molecular formula is C69H107N11O16. The Kier molecular flexibility index (Phi) is 30.4. The van der Waals surface area contributed by atoms with Crippen LogP contribution in [-0.2, 0) is 75.1 Å². The molecule has 3 aliphatic heterocycles. The number of rotatable bonds is 19. The average molecular weight is 1350 g/mol. The Labute approximate surface area is 565 Å². The Morgan fingerprint density at radius 1 is 0.562 bits per heavy atom. The predicted molar refractivity (Wildman–Crippen MR) is 357 cm³/mol. The van der Waals surface area contributed by atoms with E-state index in [0.717, 1.165) is 0 Å². The van der Waals surface area contributed by atoms with E-state index >= 15 is 4.79 Å². The van der Waals surface area contributed by atoms with E-state index in [4.69, 9.17) is 18.9 Å². The summed E-state index contributed by atoms with van der Waals surface area (Å²) in [5, 5.41) is 39.8. The fraction of sp³-hybridized carbons (Fsp3) is 0.667. The molecule has 27 nitrogen and oxygen atoms in total. The Bertz CT molecular complexity index is 2940. The van der Waals surface area contributed by atoms with Gasteiger partial charge in [-0.25, -0.2) is 9.59 Å². The Balaban J connectivity index is 1.59. The van der Waals surface area contributed by atoms with Crippen LogP contribution in [0.25, 0.3) is 0 Å². The monoisotopic (exact) mass is 1350 g/mol. The first-order valence-corrected chi connectivity index (χ1v) is 33.8. The SMILES string of the molecule is CC(C)C[C@@H]1NC(=O)[C@H](CCCNC(=O)OC(C)(C)C)NC(=O)[C@H](C(C)C)NC(=O)[C@@H]2CCCN2C(=O)[C@@H](Cc2ccccc2)NC(=O)[C@H](CC(C)C)NC(=O)[C@H](CCCNC(=O)OC(C)(C)C)NC(=O)[C@H](C(C)C)NC(=O)[C@@H]2O[C@H](CNC1=O)[C@@H](OCc1ccccc1)[C@@H]2O. The van der Waals surface area contributed by atoms with Crippen LogP contribution in [0.4, 0.5) is 9.59 Å². The van der Waals surface area contributed by atoms with Crippen molar-refractivity contribution in [2.75, 3.05) is 26.2 Å². The van der Waals surface area contributed by atoms with Crippen molar-refractivity contribution in [1.29, 1.82) is 0 Å². The van der Waals surface area contributed by atoms with Crippen molar-refractivity contribution in [3.8, 4) is 0 Å². The summed E-state index contributed by atoms with van der Waals surface area (Å²) in [7, 11) is 0. The van der Waals surface area contributed by atoms with Gasteiger partial charge in [-0.15, -0.1) is 0 Å². The molecule has 5 rings (SSSR count). The molecule has 2 aromatic rings. The van der Waals surface area contributed by atoms with Crippen molar-refractivity contribution in [3.63, 3.8) is 0 Å². The molecular weight excluding hydrogens is 1240 g/mol. The lowest BCUT2D eigenvalue weighted by molar-refractivity contribution is -0.143. The third kappa shape index (κ3) is 25.6. The number of fused-ring (bicyclic) bond motifs is 3. The van der Waals surface area contributed by atoms with E-state index in [9.17, 15) is 53.1 Å². The topological polar surface area (TPSA) is 368 Å². The molecule has 0 saturated carbocycles. The van der Waals surface area contributed by atoms with Crippen molar-refractivity contribution in [2.45, 2.75) is 245 Å². The Hall–Kier alpha value is -7.91. The second-order valence-corrected chi connectivity index (χ2v) is 28.6. The zero-order chi connectivity index (χ0) is 71.2. The first-order valence-electron chi connectivity index (χ1n) is 33.8. The van der Waals surface area contributed by atoms with Crippen LogP contribution in [0.1, 0.15) is 159 Å². The number of amides is 11. The second-order valence-electron chi connectivity index (χ2n) is 28.6. The number of hydrogen-bond donors (Lipinski definition) is 11. The van der Waals surface area contributed by atoms with E-state index in [1.807, 2.05) is 33.8 Å². The lowest BCUT2D eigenvalue weighted by Crippen LogP contribution is -2.61. The van der Waals surface area contributed by atoms with Crippen LogP contribution >= 0.6 is 0 Å². The van der Waals surface area contributed by atoms with Gasteiger partial charge in [-0.2, -0.15) is 0 Å². The lowest BCUT2D eigenvalue weighted by atomic mass is 9.99. The highest BCUT2D eigenvalue weighted by atomic mass is 16.6. The Morgan fingerprint density at radius 2 is 1.00 bits per heavy atom. The maximum atomic E-state index is 15.1. The van der Waals surface area contributed by atoms with E-state index in [0.29, 0.717) is 17.5 Å². The highest BCUT2D eigenvalue weighted by molar-refractivity contribution is 5.99. The molecule has 3 saturated heterocycles. The molecule has 0 unspecified atom stereocenters. The lowest BCUT2D eigenvalue weighted by Gasteiger charge is -2.32. The molecule has 0 radical (unpaired) electrons. The number of nitrogens with zero attached hydrogens (tertiary/aromatic N) is 1. The molecule has 0 aliphatic carbocycles. The minimum Gasteiger partial charge on any atom is -0.444 e. The normalized spacial score (nSPS) is 25.9. The molecule has 11 amide bonds. The molecule has 3 aliphatic rings. The van der Waals surface area contributed by atoms with Crippen LogP contribution in [0.3, 0.4) is 0 Å². The second kappa shape index (κ2) is 37.0. The van der Waals surface area contributed by atoms with Gasteiger partial charge in [0.1, 0.15) is 77.8 Å². The van der Waals surface area contributed by atoms with Gasteiger partial charge >= 0.3 is 12.2 Å². The van der Waals surface area contributed by atoms with Crippen molar-refractivity contribution >= 4 is 65.4 Å². The molecule has 3 fully saturated rings. The molecule has 96 heavy (non-hydrogen) atoms. The van der Waals surface area contributed by atoms with Gasteiger partial charge in [-0.1, -0.05) is 116 Å². The summed E-state index contributed by atoms with van der Waals surface area (Å²) in [4.78, 5) is 159. The minimum absolute atomic E-state index is 0.00351. The molecule has 3 heterocycles. The largest absolute Gasteiger partial charge is 0.444 e. The van der Waals surface area contributed by atoms with E-state index in [1.165, 1.54) is 4.90 Å². The van der Waals surface area contributed by atoms with E-state index < -0.39 is 161 Å². The number of aliphatic hydroxyl groups excluding tert-OH is 1. The number of aliphatic hydroxyl groups is 1. The van der Waals surface area contributed by atoms with Crippen molar-refractivity contribution in [3.05, 3.63) is 71.8 Å². The van der Waals surface area contributed by atoms with Crippen LogP contribution in [0.15, 0.2) is 60.7 Å². The zero-order valence-electron chi connectivity index (χ0n) is 58.4. The molecule has 2 aromatic carbocycles. The third-order valence-corrected chi connectivity index (χ3v) is 16.2. The number of carbonyl (C=O) groups is 11. The zero-order valence-corrected chi connectivity index (χ0v) is 58.4. The average Bonchev–Trinajstić information content (AvgIpc) is 1.77. The standard InChI is InChI=1S/C69H107N11O16/c1-39(2)34-47-57(82)72-37-51-55(93-38-44-26-19-16-20-27-44)54(81)56(94-51)64(89)79-53(42(7)8)63(88)74-46(29-22-32-71-67(92)96-69(12,13)14)59(84)76-48(35-40(3)4)60(85)77-49(36-43-24-17-15-18-25-43)65(90)80-33-23-30-50(80)61(86)78-52(41(5)6)62(87)73-45(58(83)75-47)28-21-31-70-66(91)95-68(9,10)11/h15-20,24-27,39-42,45-56,81H,21-23,28-38H2,1-14H3,(H,70,91)(H,71,92)(H,72,82)(H,73,87)(H,74,88)(H,75,83)(H,76,84)(H,77,85)(H,78,86)(H,79,89)/t45-,46-,47-,48-,49+,50-,51+,52-,53-,54-,55+,56+/m0/s1. The van der Waals surface area contributed by atoms with E-state index in [1.54, 1.807) is 124 Å². The minimum atomic E-state index is -1.69. The first kappa shape index (κ1) is 78.8. The summed E-state index contributed by atoms with van der Waals surface area (Å²) < 4.78 is 23.3. The van der Waals surface area contributed by atoms with Gasteiger partial charge < -0.3 is 82.1 Å². The van der Waals surface area contributed by atoms with Gasteiger partial charge in [-0.3, -0.25) is 43.2 Å². The van der Waals surface area contributed by atoms with Crippen LogP contribution in [0.2, 0.25) is 0 Å². The van der Waals surface area contributed by atoms with Gasteiger partial charge in [0.05, 0.1) is 6.61 Å². The van der Waals surface area contributed by atoms with Crippen molar-refractivity contribution in [1.82, 2.24) is 58.1 Å². The molecule has 2 bridgehead atoms. The number of alkyl carbamates (subject to hydrolysis) is 2. The summed E-state index contributed by atoms with van der Waals surface area (Å²) in [6.07, 6.45) is -6.56. The third-order valence-electron chi connectivity index (χ3n) is 16.2. The van der Waals surface area contributed by atoms with Crippen LogP contribution < -0.4 is 53.2 Å². The molecule has 0 spiro atoms. The summed E-state index contributed by atoms with van der Waals surface area (Å²) in [5.41, 5.74) is -0.260. The quantitative estimate of drug-likeness (QED) is 0.0897. The summed E-state index contributed by atoms with van der Waals surface area (Å²) in [6.45, 7) is 23.9. The summed E-state index contributed by atoms with van der Waals surface area (Å²) >= 11 is 0. The molecule has 27 heteroatoms. The maximum Gasteiger partial charge on any atom is 0.407 e. The molecule has 11 N–H and O–H groups in total. The highest BCUT2D eigenvalue weighted by Gasteiger charge is 2.49. The van der Waals surface area contributed by atoms with Gasteiger partial charge in [0.25, 0.3) is 5.91 Å². The number of ether oxygens (including phenoxy) is 4. The summed E-state index contributed by atoms with van der Waals surface area (Å²) in [6, 6.07) is 7.44. The Morgan fingerprint density at radius 3 is 1.47 bits per heavy atom.